The Morgan fingerprint density at radius 2 is 1.92 bits per heavy atom. The molecule has 0 aliphatic carbocycles. The Morgan fingerprint density at radius 1 is 1.23 bits per heavy atom. The first-order valence-electron chi connectivity index (χ1n) is 8.09. The second kappa shape index (κ2) is 7.16. The Labute approximate surface area is 166 Å². The van der Waals surface area contributed by atoms with E-state index >= 15 is 0 Å². The molecule has 1 aromatic heterocycles. The second-order valence-electron chi connectivity index (χ2n) is 5.93. The van der Waals surface area contributed by atoms with Crippen molar-refractivity contribution in [1.29, 1.82) is 0 Å². The van der Waals surface area contributed by atoms with Crippen molar-refractivity contribution < 1.29 is 4.74 Å². The van der Waals surface area contributed by atoms with Gasteiger partial charge in [0.1, 0.15) is 6.17 Å². The fourth-order valence-corrected chi connectivity index (χ4v) is 3.70. The van der Waals surface area contributed by atoms with E-state index in [1.165, 1.54) is 0 Å². The third-order valence-electron chi connectivity index (χ3n) is 4.24. The van der Waals surface area contributed by atoms with Gasteiger partial charge in [-0.2, -0.15) is 9.67 Å². The van der Waals surface area contributed by atoms with E-state index in [0.29, 0.717) is 40.3 Å². The molecule has 26 heavy (non-hydrogen) atoms. The van der Waals surface area contributed by atoms with Gasteiger partial charge in [-0.1, -0.05) is 29.3 Å². The predicted octanol–water partition coefficient (Wildman–Crippen LogP) is 2.12. The van der Waals surface area contributed by atoms with Crippen LogP contribution in [0.15, 0.2) is 18.2 Å². The number of hydrogen-bond acceptors (Lipinski definition) is 7. The number of anilines is 2. The highest BCUT2D eigenvalue weighted by molar-refractivity contribution is 7.80. The number of nitrogens with one attached hydrogen (secondary N) is 2. The zero-order valence-corrected chi connectivity index (χ0v) is 16.3. The number of hydrogen-bond donors (Lipinski definition) is 2. The minimum atomic E-state index is -0.415. The number of fused-ring (bicyclic) bond motifs is 1. The molecule has 0 radical (unpaired) electrons. The zero-order valence-electron chi connectivity index (χ0n) is 13.9. The summed E-state index contributed by atoms with van der Waals surface area (Å²) >= 11 is 18.3. The Kier molecular flexibility index (Phi) is 4.89. The molecular weight excluding hydrogens is 397 g/mol. The summed E-state index contributed by atoms with van der Waals surface area (Å²) in [6.45, 7) is 2.79. The van der Waals surface area contributed by atoms with Gasteiger partial charge in [0.15, 0.2) is 0 Å². The van der Waals surface area contributed by atoms with E-state index in [9.17, 15) is 0 Å². The molecule has 1 atom stereocenters. The van der Waals surface area contributed by atoms with Crippen LogP contribution < -0.4 is 15.6 Å². The average molecular weight is 414 g/mol. The second-order valence-corrected chi connectivity index (χ2v) is 7.11. The quantitative estimate of drug-likeness (QED) is 0.725. The normalized spacial score (nSPS) is 20.6. The van der Waals surface area contributed by atoms with Gasteiger partial charge in [0.2, 0.25) is 17.0 Å². The lowest BCUT2D eigenvalue weighted by atomic mass is 10.1. The van der Waals surface area contributed by atoms with Crippen LogP contribution in [0.5, 0.6) is 0 Å². The van der Waals surface area contributed by atoms with E-state index in [0.717, 1.165) is 18.7 Å². The Hall–Kier alpha value is -1.65. The highest BCUT2D eigenvalue weighted by atomic mass is 35.5. The van der Waals surface area contributed by atoms with E-state index < -0.39 is 6.17 Å². The van der Waals surface area contributed by atoms with E-state index in [1.54, 1.807) is 27.9 Å². The molecule has 2 N–H and O–H groups in total. The van der Waals surface area contributed by atoms with Gasteiger partial charge in [-0.15, -0.1) is 5.10 Å². The van der Waals surface area contributed by atoms with Gasteiger partial charge in [0.25, 0.3) is 0 Å². The number of thiocarbonyl (C=S) groups is 1. The summed E-state index contributed by atoms with van der Waals surface area (Å²) in [5.74, 6) is 1.13. The number of ether oxygens (including phenoxy) is 1. The minimum Gasteiger partial charge on any atom is -0.378 e. The smallest absolute Gasteiger partial charge is 0.247 e. The van der Waals surface area contributed by atoms with Gasteiger partial charge in [-0.3, -0.25) is 5.01 Å². The Morgan fingerprint density at radius 3 is 2.62 bits per heavy atom. The first-order valence-corrected chi connectivity index (χ1v) is 9.25. The lowest BCUT2D eigenvalue weighted by Gasteiger charge is -2.26. The van der Waals surface area contributed by atoms with Crippen LogP contribution in [0.2, 0.25) is 10.0 Å². The van der Waals surface area contributed by atoms with E-state index in [1.807, 2.05) is 7.05 Å². The van der Waals surface area contributed by atoms with Crippen LogP contribution in [-0.2, 0) is 4.74 Å². The molecule has 2 aliphatic rings. The molecular formula is C15H17Cl2N7OS. The zero-order chi connectivity index (χ0) is 18.3. The molecule has 3 heterocycles. The molecule has 4 rings (SSSR count). The fraction of sp³-hybridized carbons (Fsp3) is 0.400. The van der Waals surface area contributed by atoms with Crippen molar-refractivity contribution in [2.24, 2.45) is 0 Å². The predicted molar refractivity (Wildman–Crippen MR) is 105 cm³/mol. The van der Waals surface area contributed by atoms with E-state index in [2.05, 4.69) is 25.7 Å². The van der Waals surface area contributed by atoms with Crippen LogP contribution in [0.4, 0.5) is 11.9 Å². The van der Waals surface area contributed by atoms with Gasteiger partial charge in [0, 0.05) is 35.7 Å². The van der Waals surface area contributed by atoms with E-state index in [-0.39, 0.29) is 0 Å². The first-order chi connectivity index (χ1) is 12.5. The van der Waals surface area contributed by atoms with Crippen molar-refractivity contribution in [3.63, 3.8) is 0 Å². The number of hydrazine groups is 1. The third kappa shape index (κ3) is 3.21. The van der Waals surface area contributed by atoms with Crippen LogP contribution in [0.25, 0.3) is 0 Å². The maximum absolute atomic E-state index is 6.37. The van der Waals surface area contributed by atoms with Crippen molar-refractivity contribution in [3.05, 3.63) is 33.8 Å². The van der Waals surface area contributed by atoms with Gasteiger partial charge in [-0.05, 0) is 24.4 Å². The van der Waals surface area contributed by atoms with Crippen molar-refractivity contribution >= 4 is 52.4 Å². The summed E-state index contributed by atoms with van der Waals surface area (Å²) in [6, 6.07) is 5.39. The standard InChI is InChI=1S/C15H17Cl2N7OS/c1-22-15(26)24-13(19-14(21-24)23-5-7-25-8-6-23)18-12(20-22)11-9(16)3-2-4-10(11)17/h2-4,12,20H,5-8H2,1H3,(H,18,19,21). The molecule has 0 amide bonds. The largest absolute Gasteiger partial charge is 0.378 e. The fourth-order valence-electron chi connectivity index (χ4n) is 2.90. The lowest BCUT2D eigenvalue weighted by molar-refractivity contribution is 0.122. The number of nitrogens with zero attached hydrogens (tertiary/aromatic N) is 5. The highest BCUT2D eigenvalue weighted by Crippen LogP contribution is 2.32. The molecule has 8 nitrogen and oxygen atoms in total. The number of aromatic nitrogens is 3. The molecule has 1 fully saturated rings. The summed E-state index contributed by atoms with van der Waals surface area (Å²) in [5, 5.41) is 11.1. The van der Waals surface area contributed by atoms with E-state index in [4.69, 9.17) is 40.2 Å². The SMILES string of the molecule is CN1NC(c2c(Cl)cccc2Cl)Nc2nc(N3CCOCC3)nn2C1=S. The summed E-state index contributed by atoms with van der Waals surface area (Å²) in [5.41, 5.74) is 3.95. The third-order valence-corrected chi connectivity index (χ3v) is 5.35. The van der Waals surface area contributed by atoms with Crippen molar-refractivity contribution in [3.8, 4) is 0 Å². The maximum Gasteiger partial charge on any atom is 0.247 e. The Bertz CT molecular complexity index is 819. The molecule has 0 spiro atoms. The number of rotatable bonds is 2. The van der Waals surface area contributed by atoms with Crippen LogP contribution in [0, 0.1) is 0 Å². The average Bonchev–Trinajstić information content (AvgIpc) is 3.01. The van der Waals surface area contributed by atoms with Crippen LogP contribution in [0.1, 0.15) is 11.7 Å². The molecule has 0 saturated carbocycles. The topological polar surface area (TPSA) is 70.5 Å². The number of morpholine rings is 1. The number of halogens is 2. The van der Waals surface area contributed by atoms with Crippen molar-refractivity contribution in [2.45, 2.75) is 6.17 Å². The van der Waals surface area contributed by atoms with Gasteiger partial charge < -0.3 is 15.0 Å². The van der Waals surface area contributed by atoms with Gasteiger partial charge in [-0.25, -0.2) is 5.43 Å². The summed E-state index contributed by atoms with van der Waals surface area (Å²) in [4.78, 5) is 6.69. The van der Waals surface area contributed by atoms with Crippen LogP contribution in [0.3, 0.4) is 0 Å². The minimum absolute atomic E-state index is 0.415. The molecule has 0 bridgehead atoms. The maximum atomic E-state index is 6.37. The molecule has 138 valence electrons. The molecule has 1 saturated heterocycles. The van der Waals surface area contributed by atoms with Crippen LogP contribution >= 0.6 is 35.4 Å². The molecule has 1 aromatic carbocycles. The number of benzene rings is 1. The molecule has 1 unspecified atom stereocenters. The molecule has 2 aliphatic heterocycles. The summed E-state index contributed by atoms with van der Waals surface area (Å²) in [6.07, 6.45) is -0.415. The first kappa shape index (κ1) is 17.7. The van der Waals surface area contributed by atoms with Gasteiger partial charge in [0.05, 0.1) is 13.2 Å². The molecule has 11 heteroatoms. The summed E-state index contributed by atoms with van der Waals surface area (Å²) < 4.78 is 6.98. The van der Waals surface area contributed by atoms with Gasteiger partial charge >= 0.3 is 0 Å². The summed E-state index contributed by atoms with van der Waals surface area (Å²) in [7, 11) is 1.81. The monoisotopic (exact) mass is 413 g/mol. The lowest BCUT2D eigenvalue weighted by Crippen LogP contribution is -2.43. The highest BCUT2D eigenvalue weighted by Gasteiger charge is 2.29. The van der Waals surface area contributed by atoms with Crippen molar-refractivity contribution in [2.75, 3.05) is 43.6 Å². The molecule has 2 aromatic rings. The Balaban J connectivity index is 1.71. The van der Waals surface area contributed by atoms with Crippen molar-refractivity contribution in [1.82, 2.24) is 25.2 Å². The van der Waals surface area contributed by atoms with Crippen LogP contribution in [-0.4, -0.2) is 58.2 Å².